The van der Waals surface area contributed by atoms with Crippen molar-refractivity contribution in [3.8, 4) is 0 Å². The maximum Gasteiger partial charge on any atom is 0.311 e. The van der Waals surface area contributed by atoms with Crippen molar-refractivity contribution in [2.45, 2.75) is 26.7 Å². The van der Waals surface area contributed by atoms with E-state index in [0.29, 0.717) is 24.9 Å². The van der Waals surface area contributed by atoms with E-state index in [1.165, 1.54) is 0 Å². The van der Waals surface area contributed by atoms with E-state index in [9.17, 15) is 9.59 Å². The third-order valence-electron chi connectivity index (χ3n) is 3.96. The Morgan fingerprint density at radius 3 is 2.53 bits per heavy atom. The highest BCUT2D eigenvalue weighted by Gasteiger charge is 2.29. The lowest BCUT2D eigenvalue weighted by atomic mass is 9.95. The molecular weight excluding hydrogens is 242 g/mol. The van der Waals surface area contributed by atoms with Crippen molar-refractivity contribution in [3.63, 3.8) is 0 Å². The van der Waals surface area contributed by atoms with Gasteiger partial charge in [-0.05, 0) is 37.8 Å². The van der Waals surface area contributed by atoms with E-state index < -0.39 is 5.91 Å². The van der Waals surface area contributed by atoms with Crippen molar-refractivity contribution >= 4 is 11.8 Å². The number of hydrogen-bond donors (Lipinski definition) is 1. The number of hydrogen-bond acceptors (Lipinski definition) is 3. The molecule has 0 unspecified atom stereocenters. The van der Waals surface area contributed by atoms with E-state index in [2.05, 4.69) is 24.1 Å². The van der Waals surface area contributed by atoms with Crippen LogP contribution in [0.15, 0.2) is 0 Å². The van der Waals surface area contributed by atoms with Gasteiger partial charge in [-0.25, -0.2) is 0 Å². The molecule has 108 valence electrons. The summed E-state index contributed by atoms with van der Waals surface area (Å²) >= 11 is 0. The summed E-state index contributed by atoms with van der Waals surface area (Å²) in [5, 5.41) is 2.59. The van der Waals surface area contributed by atoms with Crippen molar-refractivity contribution in [1.29, 1.82) is 0 Å². The Hall–Kier alpha value is -1.10. The van der Waals surface area contributed by atoms with E-state index in [-0.39, 0.29) is 5.91 Å². The Bertz CT molecular complexity index is 336. The van der Waals surface area contributed by atoms with Gasteiger partial charge in [-0.3, -0.25) is 9.59 Å². The minimum absolute atomic E-state index is 0.351. The molecule has 2 heterocycles. The maximum atomic E-state index is 11.7. The topological polar surface area (TPSA) is 52.6 Å². The number of nitrogens with one attached hydrogen (secondary N) is 1. The highest BCUT2D eigenvalue weighted by molar-refractivity contribution is 6.35. The Balaban J connectivity index is 1.76. The molecular formula is C14H25N3O2. The Morgan fingerprint density at radius 1 is 1.21 bits per heavy atom. The monoisotopic (exact) mass is 267 g/mol. The number of carbonyl (C=O) groups excluding carboxylic acids is 2. The summed E-state index contributed by atoms with van der Waals surface area (Å²) in [7, 11) is 0. The lowest BCUT2D eigenvalue weighted by Crippen LogP contribution is -2.54. The number of piperazine rings is 1. The molecule has 0 spiro atoms. The van der Waals surface area contributed by atoms with Gasteiger partial charge in [0.25, 0.3) is 0 Å². The zero-order valence-electron chi connectivity index (χ0n) is 12.0. The SMILES string of the molecule is CC(C)CN1CCC(CN2CCNC(=O)C2=O)CC1. The fourth-order valence-electron chi connectivity index (χ4n) is 2.98. The zero-order chi connectivity index (χ0) is 13.8. The molecule has 0 atom stereocenters. The molecule has 0 aromatic rings. The first kappa shape index (κ1) is 14.3. The minimum atomic E-state index is -0.441. The van der Waals surface area contributed by atoms with Gasteiger partial charge < -0.3 is 15.1 Å². The summed E-state index contributed by atoms with van der Waals surface area (Å²) in [6.45, 7) is 9.91. The largest absolute Gasteiger partial charge is 0.346 e. The number of amides is 2. The number of likely N-dealkylation sites (tertiary alicyclic amines) is 1. The molecule has 5 nitrogen and oxygen atoms in total. The molecule has 0 aromatic carbocycles. The summed E-state index contributed by atoms with van der Waals surface area (Å²) in [6.07, 6.45) is 2.27. The molecule has 2 saturated heterocycles. The normalized spacial score (nSPS) is 23.0. The Morgan fingerprint density at radius 2 is 1.89 bits per heavy atom. The quantitative estimate of drug-likeness (QED) is 0.746. The van der Waals surface area contributed by atoms with Gasteiger partial charge in [-0.15, -0.1) is 0 Å². The van der Waals surface area contributed by atoms with E-state index in [1.54, 1.807) is 4.90 Å². The minimum Gasteiger partial charge on any atom is -0.346 e. The van der Waals surface area contributed by atoms with Crippen LogP contribution in [-0.2, 0) is 9.59 Å². The molecule has 0 aliphatic carbocycles. The van der Waals surface area contributed by atoms with Gasteiger partial charge in [0.2, 0.25) is 0 Å². The highest BCUT2D eigenvalue weighted by Crippen LogP contribution is 2.19. The predicted molar refractivity (Wildman–Crippen MR) is 73.6 cm³/mol. The van der Waals surface area contributed by atoms with Crippen LogP contribution in [0.2, 0.25) is 0 Å². The van der Waals surface area contributed by atoms with Crippen molar-refractivity contribution in [1.82, 2.24) is 15.1 Å². The second kappa shape index (κ2) is 6.37. The first-order valence-corrected chi connectivity index (χ1v) is 7.35. The van der Waals surface area contributed by atoms with Crippen LogP contribution < -0.4 is 5.32 Å². The van der Waals surface area contributed by atoms with Gasteiger partial charge >= 0.3 is 11.8 Å². The average molecular weight is 267 g/mol. The van der Waals surface area contributed by atoms with Gasteiger partial charge in [0.1, 0.15) is 0 Å². The molecule has 2 rings (SSSR count). The summed E-state index contributed by atoms with van der Waals surface area (Å²) in [5.74, 6) is 0.474. The van der Waals surface area contributed by atoms with Crippen molar-refractivity contribution in [2.24, 2.45) is 11.8 Å². The van der Waals surface area contributed by atoms with E-state index in [0.717, 1.165) is 39.0 Å². The number of carbonyl (C=O) groups is 2. The van der Waals surface area contributed by atoms with Crippen LogP contribution in [0.25, 0.3) is 0 Å². The van der Waals surface area contributed by atoms with Gasteiger partial charge in [0.15, 0.2) is 0 Å². The Labute approximate surface area is 115 Å². The predicted octanol–water partition coefficient (Wildman–Crippen LogP) is 0.313. The van der Waals surface area contributed by atoms with Crippen LogP contribution in [-0.4, -0.2) is 60.9 Å². The third-order valence-corrected chi connectivity index (χ3v) is 3.96. The molecule has 2 amide bonds. The number of nitrogens with zero attached hydrogens (tertiary/aromatic N) is 2. The van der Waals surface area contributed by atoms with Gasteiger partial charge in [-0.1, -0.05) is 13.8 Å². The molecule has 1 N–H and O–H groups in total. The molecule has 2 aliphatic rings. The Kier molecular flexibility index (Phi) is 4.80. The second-order valence-electron chi connectivity index (χ2n) is 6.14. The smallest absolute Gasteiger partial charge is 0.311 e. The number of rotatable bonds is 4. The maximum absolute atomic E-state index is 11.7. The molecule has 2 aliphatic heterocycles. The van der Waals surface area contributed by atoms with E-state index >= 15 is 0 Å². The molecule has 5 heteroatoms. The third kappa shape index (κ3) is 3.93. The fraction of sp³-hybridized carbons (Fsp3) is 0.857. The average Bonchev–Trinajstić information content (AvgIpc) is 2.37. The van der Waals surface area contributed by atoms with E-state index in [1.807, 2.05) is 0 Å². The van der Waals surface area contributed by atoms with Crippen molar-refractivity contribution < 1.29 is 9.59 Å². The van der Waals surface area contributed by atoms with Crippen LogP contribution in [0.1, 0.15) is 26.7 Å². The van der Waals surface area contributed by atoms with Gasteiger partial charge in [0, 0.05) is 26.2 Å². The standard InChI is InChI=1S/C14H25N3O2/c1-11(2)9-16-6-3-12(4-7-16)10-17-8-5-15-13(18)14(17)19/h11-12H,3-10H2,1-2H3,(H,15,18). The van der Waals surface area contributed by atoms with Crippen LogP contribution in [0.3, 0.4) is 0 Å². The van der Waals surface area contributed by atoms with Crippen LogP contribution in [0.4, 0.5) is 0 Å². The summed E-state index contributed by atoms with van der Waals surface area (Å²) < 4.78 is 0. The molecule has 19 heavy (non-hydrogen) atoms. The molecule has 0 radical (unpaired) electrons. The summed E-state index contributed by atoms with van der Waals surface area (Å²) in [5.41, 5.74) is 0. The lowest BCUT2D eigenvalue weighted by Gasteiger charge is -2.36. The van der Waals surface area contributed by atoms with E-state index in [4.69, 9.17) is 0 Å². The highest BCUT2D eigenvalue weighted by atomic mass is 16.2. The van der Waals surface area contributed by atoms with Gasteiger partial charge in [-0.2, -0.15) is 0 Å². The van der Waals surface area contributed by atoms with Crippen molar-refractivity contribution in [2.75, 3.05) is 39.3 Å². The molecule has 0 bridgehead atoms. The lowest BCUT2D eigenvalue weighted by molar-refractivity contribution is -0.148. The zero-order valence-corrected chi connectivity index (χ0v) is 12.0. The fourth-order valence-corrected chi connectivity index (χ4v) is 2.98. The molecule has 2 fully saturated rings. The van der Waals surface area contributed by atoms with Crippen molar-refractivity contribution in [3.05, 3.63) is 0 Å². The van der Waals surface area contributed by atoms with Crippen LogP contribution in [0, 0.1) is 11.8 Å². The first-order valence-electron chi connectivity index (χ1n) is 7.35. The van der Waals surface area contributed by atoms with Crippen LogP contribution >= 0.6 is 0 Å². The summed E-state index contributed by atoms with van der Waals surface area (Å²) in [4.78, 5) is 27.3. The molecule has 0 aromatic heterocycles. The summed E-state index contributed by atoms with van der Waals surface area (Å²) in [6, 6.07) is 0. The van der Waals surface area contributed by atoms with Crippen LogP contribution in [0.5, 0.6) is 0 Å². The second-order valence-corrected chi connectivity index (χ2v) is 6.14. The number of piperidine rings is 1. The molecule has 0 saturated carbocycles. The first-order chi connectivity index (χ1) is 9.06. The van der Waals surface area contributed by atoms with Gasteiger partial charge in [0.05, 0.1) is 0 Å².